The minimum atomic E-state index is -0.0591. The molecule has 5 heteroatoms. The van der Waals surface area contributed by atoms with Gasteiger partial charge in [-0.2, -0.15) is 0 Å². The van der Waals surface area contributed by atoms with E-state index in [0.29, 0.717) is 0 Å². The standard InChI is InChI=1S/C20H31N3O2/c1-15(2)21-20(24)16(3)23-11-9-22(10-12-23)14-19-18-7-5-4-6-17(18)8-13-25-19/h4-7,15-16,19H,8-14H2,1-3H3,(H,21,24). The average molecular weight is 345 g/mol. The lowest BCUT2D eigenvalue weighted by molar-refractivity contribution is -0.127. The highest BCUT2D eigenvalue weighted by Crippen LogP contribution is 2.28. The van der Waals surface area contributed by atoms with Crippen molar-refractivity contribution in [1.82, 2.24) is 15.1 Å². The van der Waals surface area contributed by atoms with Crippen LogP contribution in [0.1, 0.15) is 38.0 Å². The number of piperazine rings is 1. The fourth-order valence-corrected chi connectivity index (χ4v) is 3.77. The first-order valence-corrected chi connectivity index (χ1v) is 9.51. The van der Waals surface area contributed by atoms with Crippen molar-refractivity contribution < 1.29 is 9.53 Å². The highest BCUT2D eigenvalue weighted by atomic mass is 16.5. The van der Waals surface area contributed by atoms with Gasteiger partial charge in [-0.3, -0.25) is 14.6 Å². The first-order chi connectivity index (χ1) is 12.0. The third-order valence-corrected chi connectivity index (χ3v) is 5.28. The van der Waals surface area contributed by atoms with Gasteiger partial charge in [-0.1, -0.05) is 24.3 Å². The zero-order valence-corrected chi connectivity index (χ0v) is 15.7. The van der Waals surface area contributed by atoms with Crippen LogP contribution < -0.4 is 5.32 Å². The van der Waals surface area contributed by atoms with Gasteiger partial charge in [0.1, 0.15) is 0 Å². The molecule has 1 aromatic carbocycles. The van der Waals surface area contributed by atoms with Gasteiger partial charge in [-0.05, 0) is 38.3 Å². The molecule has 1 fully saturated rings. The second kappa shape index (κ2) is 8.30. The van der Waals surface area contributed by atoms with E-state index in [1.165, 1.54) is 11.1 Å². The van der Waals surface area contributed by atoms with Crippen LogP contribution in [-0.2, 0) is 16.0 Å². The maximum absolute atomic E-state index is 12.2. The minimum absolute atomic E-state index is 0.0591. The Hall–Kier alpha value is -1.43. The van der Waals surface area contributed by atoms with Gasteiger partial charge in [-0.15, -0.1) is 0 Å². The lowest BCUT2D eigenvalue weighted by atomic mass is 9.97. The average Bonchev–Trinajstić information content (AvgIpc) is 2.61. The van der Waals surface area contributed by atoms with Gasteiger partial charge in [0.2, 0.25) is 5.91 Å². The van der Waals surface area contributed by atoms with Gasteiger partial charge in [0.05, 0.1) is 18.8 Å². The highest BCUT2D eigenvalue weighted by molar-refractivity contribution is 5.81. The van der Waals surface area contributed by atoms with Crippen LogP contribution in [0.25, 0.3) is 0 Å². The maximum Gasteiger partial charge on any atom is 0.237 e. The van der Waals surface area contributed by atoms with Crippen LogP contribution in [0.2, 0.25) is 0 Å². The number of benzene rings is 1. The van der Waals surface area contributed by atoms with E-state index in [9.17, 15) is 4.79 Å². The summed E-state index contributed by atoms with van der Waals surface area (Å²) < 4.78 is 6.04. The molecule has 2 aliphatic heterocycles. The number of carbonyl (C=O) groups is 1. The highest BCUT2D eigenvalue weighted by Gasteiger charge is 2.28. The Kier molecular flexibility index (Phi) is 6.10. The summed E-state index contributed by atoms with van der Waals surface area (Å²) in [5.74, 6) is 0.132. The number of hydrogen-bond donors (Lipinski definition) is 1. The molecule has 2 unspecified atom stereocenters. The Morgan fingerprint density at radius 1 is 1.20 bits per heavy atom. The Labute approximate surface area is 151 Å². The van der Waals surface area contributed by atoms with Crippen molar-refractivity contribution in [3.8, 4) is 0 Å². The quantitative estimate of drug-likeness (QED) is 0.884. The summed E-state index contributed by atoms with van der Waals surface area (Å²) in [5, 5.41) is 3.01. The van der Waals surface area contributed by atoms with E-state index in [1.54, 1.807) is 0 Å². The second-order valence-corrected chi connectivity index (χ2v) is 7.48. The molecule has 0 spiro atoms. The fraction of sp³-hybridized carbons (Fsp3) is 0.650. The molecule has 3 rings (SSSR count). The third kappa shape index (κ3) is 4.60. The predicted octanol–water partition coefficient (Wildman–Crippen LogP) is 1.83. The molecule has 0 aliphatic carbocycles. The Bertz CT molecular complexity index is 582. The van der Waals surface area contributed by atoms with Crippen molar-refractivity contribution in [2.75, 3.05) is 39.3 Å². The zero-order chi connectivity index (χ0) is 17.8. The molecule has 0 aromatic heterocycles. The molecule has 1 N–H and O–H groups in total. The summed E-state index contributed by atoms with van der Waals surface area (Å²) in [4.78, 5) is 17.0. The van der Waals surface area contributed by atoms with Crippen LogP contribution in [0.15, 0.2) is 24.3 Å². The fourth-order valence-electron chi connectivity index (χ4n) is 3.77. The molecule has 25 heavy (non-hydrogen) atoms. The summed E-state index contributed by atoms with van der Waals surface area (Å²) in [6.07, 6.45) is 1.20. The summed E-state index contributed by atoms with van der Waals surface area (Å²) in [6, 6.07) is 8.78. The van der Waals surface area contributed by atoms with Gasteiger partial charge >= 0.3 is 0 Å². The Morgan fingerprint density at radius 2 is 1.92 bits per heavy atom. The topological polar surface area (TPSA) is 44.8 Å². The number of amides is 1. The van der Waals surface area contributed by atoms with Crippen molar-refractivity contribution in [2.24, 2.45) is 0 Å². The van der Waals surface area contributed by atoms with Crippen molar-refractivity contribution in [2.45, 2.75) is 45.4 Å². The predicted molar refractivity (Wildman–Crippen MR) is 99.6 cm³/mol. The molecule has 1 saturated heterocycles. The van der Waals surface area contributed by atoms with Gasteiger partial charge in [0.15, 0.2) is 0 Å². The molecule has 2 heterocycles. The molecular formula is C20H31N3O2. The van der Waals surface area contributed by atoms with Crippen molar-refractivity contribution >= 4 is 5.91 Å². The molecule has 0 bridgehead atoms. The lowest BCUT2D eigenvalue weighted by Gasteiger charge is -2.39. The molecule has 0 saturated carbocycles. The molecule has 138 valence electrons. The van der Waals surface area contributed by atoms with Crippen LogP contribution in [0.4, 0.5) is 0 Å². The van der Waals surface area contributed by atoms with Crippen LogP contribution in [0.3, 0.4) is 0 Å². The molecular weight excluding hydrogens is 314 g/mol. The van der Waals surface area contributed by atoms with Gasteiger partial charge in [0, 0.05) is 38.8 Å². The summed E-state index contributed by atoms with van der Waals surface area (Å²) in [5.41, 5.74) is 2.78. The summed E-state index contributed by atoms with van der Waals surface area (Å²) in [6.45, 7) is 11.6. The summed E-state index contributed by atoms with van der Waals surface area (Å²) >= 11 is 0. The van der Waals surface area contributed by atoms with E-state index in [2.05, 4.69) is 39.4 Å². The first-order valence-electron chi connectivity index (χ1n) is 9.51. The number of hydrogen-bond acceptors (Lipinski definition) is 4. The van der Waals surface area contributed by atoms with Crippen LogP contribution in [-0.4, -0.2) is 67.1 Å². The number of ether oxygens (including phenoxy) is 1. The number of carbonyl (C=O) groups excluding carboxylic acids is 1. The smallest absolute Gasteiger partial charge is 0.237 e. The largest absolute Gasteiger partial charge is 0.372 e. The second-order valence-electron chi connectivity index (χ2n) is 7.48. The van der Waals surface area contributed by atoms with Gasteiger partial charge < -0.3 is 10.1 Å². The molecule has 1 aromatic rings. The van der Waals surface area contributed by atoms with Crippen LogP contribution >= 0.6 is 0 Å². The molecule has 1 amide bonds. The van der Waals surface area contributed by atoms with E-state index in [4.69, 9.17) is 4.74 Å². The Balaban J connectivity index is 1.51. The van der Waals surface area contributed by atoms with Crippen molar-refractivity contribution in [3.05, 3.63) is 35.4 Å². The van der Waals surface area contributed by atoms with Crippen molar-refractivity contribution in [3.63, 3.8) is 0 Å². The van der Waals surface area contributed by atoms with E-state index in [0.717, 1.165) is 45.8 Å². The minimum Gasteiger partial charge on any atom is -0.372 e. The summed E-state index contributed by atoms with van der Waals surface area (Å²) in [7, 11) is 0. The van der Waals surface area contributed by atoms with Crippen LogP contribution in [0.5, 0.6) is 0 Å². The number of rotatable bonds is 5. The zero-order valence-electron chi connectivity index (χ0n) is 15.7. The van der Waals surface area contributed by atoms with Crippen molar-refractivity contribution in [1.29, 1.82) is 0 Å². The monoisotopic (exact) mass is 345 g/mol. The van der Waals surface area contributed by atoms with Crippen LogP contribution in [0, 0.1) is 0 Å². The van der Waals surface area contributed by atoms with Gasteiger partial charge in [0.25, 0.3) is 0 Å². The van der Waals surface area contributed by atoms with E-state index in [-0.39, 0.29) is 24.1 Å². The SMILES string of the molecule is CC(C)NC(=O)C(C)N1CCN(CC2OCCc3ccccc32)CC1. The van der Waals surface area contributed by atoms with E-state index >= 15 is 0 Å². The van der Waals surface area contributed by atoms with Gasteiger partial charge in [-0.25, -0.2) is 0 Å². The third-order valence-electron chi connectivity index (χ3n) is 5.28. The molecule has 0 radical (unpaired) electrons. The first kappa shape index (κ1) is 18.4. The van der Waals surface area contributed by atoms with E-state index < -0.39 is 0 Å². The maximum atomic E-state index is 12.2. The molecule has 2 aliphatic rings. The number of nitrogens with one attached hydrogen (secondary N) is 1. The van der Waals surface area contributed by atoms with E-state index in [1.807, 2.05) is 20.8 Å². The number of fused-ring (bicyclic) bond motifs is 1. The molecule has 5 nitrogen and oxygen atoms in total. The lowest BCUT2D eigenvalue weighted by Crippen LogP contribution is -2.55. The Morgan fingerprint density at radius 3 is 2.64 bits per heavy atom. The number of nitrogens with zero attached hydrogens (tertiary/aromatic N) is 2. The molecule has 2 atom stereocenters. The normalized spacial score (nSPS) is 23.3.